The van der Waals surface area contributed by atoms with Crippen molar-refractivity contribution in [2.45, 2.75) is 12.0 Å². The fourth-order valence-electron chi connectivity index (χ4n) is 4.01. The van der Waals surface area contributed by atoms with Gasteiger partial charge in [-0.25, -0.2) is 0 Å². The Hall–Kier alpha value is -4.40. The van der Waals surface area contributed by atoms with Crippen LogP contribution in [0.15, 0.2) is 65.3 Å². The van der Waals surface area contributed by atoms with Gasteiger partial charge in [0.05, 0.1) is 41.1 Å². The lowest BCUT2D eigenvalue weighted by atomic mass is 9.81. The van der Waals surface area contributed by atoms with Gasteiger partial charge in [0.2, 0.25) is 5.91 Å². The fourth-order valence-corrected chi connectivity index (χ4v) is 4.01. The molecule has 1 aliphatic rings. The maximum Gasteiger partial charge on any atom is 0.255 e. The van der Waals surface area contributed by atoms with Gasteiger partial charge in [0.1, 0.15) is 5.76 Å². The number of β-lactam (4-membered cyclic amide) rings is 1. The van der Waals surface area contributed by atoms with E-state index in [0.29, 0.717) is 40.1 Å². The Kier molecular flexibility index (Phi) is 6.68. The summed E-state index contributed by atoms with van der Waals surface area (Å²) in [4.78, 5) is 28.0. The molecule has 1 atom stereocenters. The SMILES string of the molecule is COc1ccc(NC(=O)C2(C=Cc3ccco3)CC(=O)N2c2ccc(OC)c(OC)c2)cc1OC. The molecule has 2 aromatic carbocycles. The molecule has 0 bridgehead atoms. The number of carbonyl (C=O) groups excluding carboxylic acids is 2. The van der Waals surface area contributed by atoms with Crippen molar-refractivity contribution in [1.29, 1.82) is 0 Å². The summed E-state index contributed by atoms with van der Waals surface area (Å²) >= 11 is 0. The predicted molar refractivity (Wildman–Crippen MR) is 130 cm³/mol. The summed E-state index contributed by atoms with van der Waals surface area (Å²) in [6.45, 7) is 0. The molecule has 0 spiro atoms. The van der Waals surface area contributed by atoms with Crippen molar-refractivity contribution in [3.63, 3.8) is 0 Å². The van der Waals surface area contributed by atoms with Crippen molar-refractivity contribution in [1.82, 2.24) is 0 Å². The summed E-state index contributed by atoms with van der Waals surface area (Å²) in [5.74, 6) is 1.88. The Morgan fingerprint density at radius 1 is 0.943 bits per heavy atom. The molecule has 1 aliphatic heterocycles. The van der Waals surface area contributed by atoms with Gasteiger partial charge in [-0.3, -0.25) is 14.5 Å². The van der Waals surface area contributed by atoms with Crippen molar-refractivity contribution in [2.75, 3.05) is 38.7 Å². The molecular formula is C26H26N2O7. The Morgan fingerprint density at radius 2 is 1.60 bits per heavy atom. The third-order valence-corrected chi connectivity index (χ3v) is 5.80. The average molecular weight is 479 g/mol. The Morgan fingerprint density at radius 3 is 2.20 bits per heavy atom. The standard InChI is InChI=1S/C26H26N2O7/c1-31-20-9-7-17(14-22(20)33-3)27-25(30)26(12-11-19-6-5-13-35-19)16-24(29)28(26)18-8-10-21(32-2)23(15-18)34-4/h5-15H,16H2,1-4H3,(H,27,30). The third kappa shape index (κ3) is 4.40. The number of anilines is 2. The van der Waals surface area contributed by atoms with E-state index in [4.69, 9.17) is 23.4 Å². The average Bonchev–Trinajstić information content (AvgIpc) is 3.39. The molecule has 9 heteroatoms. The largest absolute Gasteiger partial charge is 0.493 e. The zero-order valence-electron chi connectivity index (χ0n) is 19.9. The summed E-state index contributed by atoms with van der Waals surface area (Å²) in [5, 5.41) is 2.91. The number of ether oxygens (including phenoxy) is 4. The molecule has 1 aromatic heterocycles. The first-order chi connectivity index (χ1) is 16.9. The number of hydrogen-bond donors (Lipinski definition) is 1. The van der Waals surface area contributed by atoms with Crippen LogP contribution in [-0.4, -0.2) is 45.8 Å². The molecule has 0 saturated carbocycles. The van der Waals surface area contributed by atoms with Crippen LogP contribution >= 0.6 is 0 Å². The van der Waals surface area contributed by atoms with Gasteiger partial charge in [-0.15, -0.1) is 0 Å². The molecule has 2 heterocycles. The lowest BCUT2D eigenvalue weighted by Crippen LogP contribution is -2.68. The number of methoxy groups -OCH3 is 4. The zero-order valence-corrected chi connectivity index (χ0v) is 19.9. The van der Waals surface area contributed by atoms with Crippen LogP contribution in [0.2, 0.25) is 0 Å². The van der Waals surface area contributed by atoms with Gasteiger partial charge in [-0.2, -0.15) is 0 Å². The van der Waals surface area contributed by atoms with Crippen molar-refractivity contribution in [3.05, 3.63) is 66.6 Å². The second-order valence-corrected chi connectivity index (χ2v) is 7.74. The molecule has 182 valence electrons. The lowest BCUT2D eigenvalue weighted by molar-refractivity contribution is -0.134. The van der Waals surface area contributed by atoms with Crippen LogP contribution < -0.4 is 29.2 Å². The molecule has 1 N–H and O–H groups in total. The monoisotopic (exact) mass is 478 g/mol. The van der Waals surface area contributed by atoms with Crippen LogP contribution in [0.1, 0.15) is 12.2 Å². The lowest BCUT2D eigenvalue weighted by Gasteiger charge is -2.48. The summed E-state index contributed by atoms with van der Waals surface area (Å²) in [6, 6.07) is 13.6. The van der Waals surface area contributed by atoms with Crippen LogP contribution in [0.4, 0.5) is 11.4 Å². The van der Waals surface area contributed by atoms with E-state index in [1.807, 2.05) is 0 Å². The second-order valence-electron chi connectivity index (χ2n) is 7.74. The maximum atomic E-state index is 13.7. The highest BCUT2D eigenvalue weighted by atomic mass is 16.5. The predicted octanol–water partition coefficient (Wildman–Crippen LogP) is 4.14. The number of nitrogens with zero attached hydrogens (tertiary/aromatic N) is 1. The molecule has 35 heavy (non-hydrogen) atoms. The Bertz CT molecular complexity index is 1250. The van der Waals surface area contributed by atoms with Gasteiger partial charge >= 0.3 is 0 Å². The molecular weight excluding hydrogens is 452 g/mol. The first-order valence-electron chi connectivity index (χ1n) is 10.8. The van der Waals surface area contributed by atoms with Gasteiger partial charge in [0, 0.05) is 23.5 Å². The van der Waals surface area contributed by atoms with Gasteiger partial charge in [-0.1, -0.05) is 0 Å². The van der Waals surface area contributed by atoms with Gasteiger partial charge < -0.3 is 28.7 Å². The van der Waals surface area contributed by atoms with E-state index in [-0.39, 0.29) is 12.3 Å². The third-order valence-electron chi connectivity index (χ3n) is 5.80. The number of benzene rings is 2. The van der Waals surface area contributed by atoms with Crippen molar-refractivity contribution >= 4 is 29.3 Å². The molecule has 1 fully saturated rings. The summed E-state index contributed by atoms with van der Waals surface area (Å²) < 4.78 is 26.7. The van der Waals surface area contributed by atoms with Gasteiger partial charge in [0.15, 0.2) is 28.5 Å². The first kappa shape index (κ1) is 23.7. The molecule has 1 unspecified atom stereocenters. The van der Waals surface area contributed by atoms with Crippen LogP contribution in [0.3, 0.4) is 0 Å². The number of carbonyl (C=O) groups is 2. The van der Waals surface area contributed by atoms with Crippen LogP contribution in [0, 0.1) is 0 Å². The van der Waals surface area contributed by atoms with Gasteiger partial charge in [-0.05, 0) is 48.6 Å². The highest BCUT2D eigenvalue weighted by molar-refractivity contribution is 6.18. The normalized spacial score (nSPS) is 17.1. The fraction of sp³-hybridized carbons (Fsp3) is 0.231. The summed E-state index contributed by atoms with van der Waals surface area (Å²) in [5.41, 5.74) is -0.327. The number of furan rings is 1. The highest BCUT2D eigenvalue weighted by Gasteiger charge is 2.56. The van der Waals surface area contributed by atoms with Crippen molar-refractivity contribution < 1.29 is 33.0 Å². The molecule has 2 amide bonds. The van der Waals surface area contributed by atoms with Crippen LogP contribution in [0.25, 0.3) is 6.08 Å². The molecule has 9 nitrogen and oxygen atoms in total. The second kappa shape index (κ2) is 9.84. The Balaban J connectivity index is 1.73. The first-order valence-corrected chi connectivity index (χ1v) is 10.8. The minimum Gasteiger partial charge on any atom is -0.493 e. The van der Waals surface area contributed by atoms with Crippen LogP contribution in [-0.2, 0) is 9.59 Å². The van der Waals surface area contributed by atoms with E-state index in [1.165, 1.54) is 39.6 Å². The number of nitrogens with one attached hydrogen (secondary N) is 1. The minimum atomic E-state index is -1.31. The van der Waals surface area contributed by atoms with Crippen molar-refractivity contribution in [2.24, 2.45) is 0 Å². The summed E-state index contributed by atoms with van der Waals surface area (Å²) in [7, 11) is 6.08. The van der Waals surface area contributed by atoms with E-state index < -0.39 is 11.4 Å². The minimum absolute atomic E-state index is 0.0301. The van der Waals surface area contributed by atoms with E-state index in [0.717, 1.165) is 0 Å². The summed E-state index contributed by atoms with van der Waals surface area (Å²) in [6.07, 6.45) is 4.85. The van der Waals surface area contributed by atoms with Crippen LogP contribution in [0.5, 0.6) is 23.0 Å². The van der Waals surface area contributed by atoms with E-state index in [9.17, 15) is 9.59 Å². The Labute approximate surface area is 202 Å². The highest BCUT2D eigenvalue weighted by Crippen LogP contribution is 2.43. The van der Waals surface area contributed by atoms with E-state index in [1.54, 1.807) is 60.7 Å². The molecule has 0 radical (unpaired) electrons. The van der Waals surface area contributed by atoms with Crippen molar-refractivity contribution in [3.8, 4) is 23.0 Å². The number of amides is 2. The smallest absolute Gasteiger partial charge is 0.255 e. The molecule has 0 aliphatic carbocycles. The maximum absolute atomic E-state index is 13.7. The van der Waals surface area contributed by atoms with E-state index >= 15 is 0 Å². The molecule has 1 saturated heterocycles. The van der Waals surface area contributed by atoms with Gasteiger partial charge in [0.25, 0.3) is 5.91 Å². The van der Waals surface area contributed by atoms with E-state index in [2.05, 4.69) is 5.32 Å². The zero-order chi connectivity index (χ0) is 25.0. The molecule has 4 rings (SSSR count). The number of hydrogen-bond acceptors (Lipinski definition) is 7. The molecule has 3 aromatic rings. The topological polar surface area (TPSA) is 99.5 Å². The quantitative estimate of drug-likeness (QED) is 0.462. The number of rotatable bonds is 9.